The van der Waals surface area contributed by atoms with Crippen LogP contribution in [0, 0.1) is 6.92 Å². The third-order valence-electron chi connectivity index (χ3n) is 11.0. The van der Waals surface area contributed by atoms with Crippen LogP contribution in [-0.2, 0) is 12.5 Å². The van der Waals surface area contributed by atoms with E-state index in [9.17, 15) is 0 Å². The summed E-state index contributed by atoms with van der Waals surface area (Å²) >= 11 is 1.95. The van der Waals surface area contributed by atoms with E-state index in [0.29, 0.717) is 17.8 Å². The van der Waals surface area contributed by atoms with Gasteiger partial charge in [0.05, 0.1) is 12.6 Å². The van der Waals surface area contributed by atoms with Crippen molar-refractivity contribution in [3.63, 3.8) is 0 Å². The Morgan fingerprint density at radius 2 is 1.39 bits per heavy atom. The van der Waals surface area contributed by atoms with Crippen LogP contribution in [0.4, 0.5) is 0 Å². The summed E-state index contributed by atoms with van der Waals surface area (Å²) in [5, 5.41) is 5.29. The molecule has 3 heteroatoms. The van der Waals surface area contributed by atoms with Crippen LogP contribution in [0.5, 0.6) is 0 Å². The van der Waals surface area contributed by atoms with Gasteiger partial charge in [0.1, 0.15) is 5.69 Å². The Kier molecular flexibility index (Phi) is 8.51. The molecule has 0 fully saturated rings. The molecule has 0 aliphatic heterocycles. The van der Waals surface area contributed by atoms with Gasteiger partial charge in [-0.3, -0.25) is 0 Å². The van der Waals surface area contributed by atoms with Gasteiger partial charge in [-0.15, -0.1) is 11.3 Å². The molecule has 0 N–H and O–H groups in total. The zero-order chi connectivity index (χ0) is 34.9. The second kappa shape index (κ2) is 12.4. The third-order valence-corrected chi connectivity index (χ3v) is 12.1. The van der Waals surface area contributed by atoms with Gasteiger partial charge in [0, 0.05) is 36.7 Å². The molecule has 7 rings (SSSR count). The molecule has 0 amide bonds. The van der Waals surface area contributed by atoms with Crippen molar-refractivity contribution in [3.8, 4) is 17.1 Å². The number of hydrogen-bond donors (Lipinski definition) is 0. The Labute approximate surface area is 297 Å². The molecule has 0 atom stereocenters. The lowest BCUT2D eigenvalue weighted by molar-refractivity contribution is -0.633. The smallest absolute Gasteiger partial charge is 0.225 e. The van der Waals surface area contributed by atoms with Crippen LogP contribution in [0.3, 0.4) is 0 Å². The first-order valence-electron chi connectivity index (χ1n) is 18.4. The number of hydrogen-bond acceptors (Lipinski definition) is 1. The Morgan fingerprint density at radius 3 is 2.02 bits per heavy atom. The predicted octanol–water partition coefficient (Wildman–Crippen LogP) is 13.4. The quantitative estimate of drug-likeness (QED) is 0.150. The van der Waals surface area contributed by atoms with Crippen LogP contribution in [0.15, 0.2) is 78.9 Å². The number of aryl methyl sites for hydroxylation is 2. The van der Waals surface area contributed by atoms with E-state index in [1.54, 1.807) is 0 Å². The molecule has 0 spiro atoms. The van der Waals surface area contributed by atoms with Crippen molar-refractivity contribution in [1.82, 2.24) is 4.57 Å². The maximum Gasteiger partial charge on any atom is 0.295 e. The average Bonchev–Trinajstić information content (AvgIpc) is 3.56. The van der Waals surface area contributed by atoms with E-state index in [0.717, 1.165) is 0 Å². The van der Waals surface area contributed by atoms with E-state index in [4.69, 9.17) is 0 Å². The van der Waals surface area contributed by atoms with Crippen LogP contribution in [0.1, 0.15) is 121 Å². The fourth-order valence-electron chi connectivity index (χ4n) is 8.12. The number of nitrogens with zero attached hydrogens (tertiary/aromatic N) is 2. The van der Waals surface area contributed by atoms with Crippen LogP contribution >= 0.6 is 11.3 Å². The molecule has 2 nitrogen and oxygen atoms in total. The second-order valence-electron chi connectivity index (χ2n) is 16.0. The highest BCUT2D eigenvalue weighted by Crippen LogP contribution is 2.44. The number of fused-ring (bicyclic) bond motifs is 6. The summed E-state index contributed by atoms with van der Waals surface area (Å²) < 4.78 is 7.88. The summed E-state index contributed by atoms with van der Waals surface area (Å²) in [6, 6.07) is 30.7. The first kappa shape index (κ1) is 33.5. The highest BCUT2D eigenvalue weighted by molar-refractivity contribution is 7.25. The number of thiophene rings is 1. The number of rotatable bonds is 7. The minimum absolute atomic E-state index is 0.0596. The predicted molar refractivity (Wildman–Crippen MR) is 215 cm³/mol. The summed E-state index contributed by atoms with van der Waals surface area (Å²) in [6.45, 7) is 23.4. The van der Waals surface area contributed by atoms with Crippen molar-refractivity contribution in [1.29, 1.82) is 0 Å². The van der Waals surface area contributed by atoms with Gasteiger partial charge in [-0.2, -0.15) is 4.57 Å². The molecular weight excluding hydrogens is 613 g/mol. The average molecular weight is 666 g/mol. The Hall–Kier alpha value is -3.95. The molecule has 5 aromatic carbocycles. The van der Waals surface area contributed by atoms with Crippen LogP contribution in [0.25, 0.3) is 59.1 Å². The van der Waals surface area contributed by atoms with Crippen molar-refractivity contribution in [3.05, 3.63) is 107 Å². The second-order valence-corrected chi connectivity index (χ2v) is 17.1. The molecule has 0 aliphatic carbocycles. The minimum Gasteiger partial charge on any atom is -0.225 e. The molecule has 2 aromatic heterocycles. The lowest BCUT2D eigenvalue weighted by Crippen LogP contribution is -2.31. The summed E-state index contributed by atoms with van der Waals surface area (Å²) in [4.78, 5) is 0. The first-order valence-corrected chi connectivity index (χ1v) is 19.2. The van der Waals surface area contributed by atoms with Gasteiger partial charge < -0.3 is 0 Å². The molecule has 0 unspecified atom stereocenters. The first-order chi connectivity index (χ1) is 23.3. The summed E-state index contributed by atoms with van der Waals surface area (Å²) in [7, 11) is 2.28. The van der Waals surface area contributed by atoms with E-state index in [1.807, 2.05) is 11.3 Å². The minimum atomic E-state index is 0.0596. The third kappa shape index (κ3) is 5.50. The van der Waals surface area contributed by atoms with Crippen molar-refractivity contribution in [2.75, 3.05) is 0 Å². The largest absolute Gasteiger partial charge is 0.295 e. The number of benzene rings is 5. The molecule has 0 radical (unpaired) electrons. The van der Waals surface area contributed by atoms with E-state index in [1.165, 1.54) is 99.7 Å². The van der Waals surface area contributed by atoms with E-state index >= 15 is 0 Å². The van der Waals surface area contributed by atoms with E-state index in [2.05, 4.69) is 164 Å². The number of imidazole rings is 1. The normalized spacial score (nSPS) is 12.7. The molecule has 0 saturated heterocycles. The lowest BCUT2D eigenvalue weighted by Gasteiger charge is -2.26. The van der Waals surface area contributed by atoms with Gasteiger partial charge in [0.15, 0.2) is 11.0 Å². The van der Waals surface area contributed by atoms with Gasteiger partial charge in [0.25, 0.3) is 5.82 Å². The molecular formula is C46H53N2S+. The molecule has 0 saturated carbocycles. The monoisotopic (exact) mass is 665 g/mol. The molecule has 7 aromatic rings. The maximum absolute atomic E-state index is 2.63. The SMILES string of the molecule is CCC(CC)c1ccc2c(c1)sc1cc(C)c(-c3n(-c4c(C(C)C)cc(C(C)(C)C)cc4C(C)C)c4ccc5ccccc5c4[n+]3C)cc12. The number of aromatic nitrogens is 2. The highest BCUT2D eigenvalue weighted by atomic mass is 32.1. The van der Waals surface area contributed by atoms with E-state index in [-0.39, 0.29) is 5.41 Å². The van der Waals surface area contributed by atoms with Gasteiger partial charge in [-0.05, 0) is 101 Å². The van der Waals surface area contributed by atoms with Gasteiger partial charge in [-0.25, -0.2) is 4.57 Å². The van der Waals surface area contributed by atoms with Gasteiger partial charge >= 0.3 is 0 Å². The molecule has 252 valence electrons. The Balaban J connectivity index is 1.62. The lowest BCUT2D eigenvalue weighted by atomic mass is 9.81. The van der Waals surface area contributed by atoms with Crippen LogP contribution in [-0.4, -0.2) is 4.57 Å². The molecule has 0 aliphatic rings. The highest BCUT2D eigenvalue weighted by Gasteiger charge is 2.34. The summed E-state index contributed by atoms with van der Waals surface area (Å²) in [5.41, 5.74) is 12.3. The molecule has 2 heterocycles. The van der Waals surface area contributed by atoms with Gasteiger partial charge in [-0.1, -0.05) is 105 Å². The fourth-order valence-corrected chi connectivity index (χ4v) is 9.36. The topological polar surface area (TPSA) is 8.81 Å². The van der Waals surface area contributed by atoms with Crippen molar-refractivity contribution in [2.45, 2.75) is 105 Å². The Bertz CT molecular complexity index is 2340. The van der Waals surface area contributed by atoms with E-state index < -0.39 is 0 Å². The van der Waals surface area contributed by atoms with Crippen molar-refractivity contribution < 1.29 is 4.57 Å². The van der Waals surface area contributed by atoms with Gasteiger partial charge in [0.2, 0.25) is 0 Å². The summed E-state index contributed by atoms with van der Waals surface area (Å²) in [5.74, 6) is 2.58. The standard InChI is InChI=1S/C46H53N2S/c1-12-30(13-2)32-18-20-35-39-26-38(29(7)22-41(39)49-42(35)23-32)45-47(11)44-34-17-15-14-16-31(34)19-21-40(44)48(45)43-36(27(3)4)24-33(46(8,9)10)25-37(43)28(5)6/h14-28,30H,12-13H2,1-11H3/q+1. The Morgan fingerprint density at radius 1 is 0.735 bits per heavy atom. The maximum atomic E-state index is 2.63. The van der Waals surface area contributed by atoms with Crippen molar-refractivity contribution >= 4 is 53.3 Å². The van der Waals surface area contributed by atoms with Crippen LogP contribution in [0.2, 0.25) is 0 Å². The molecule has 49 heavy (non-hydrogen) atoms. The molecule has 0 bridgehead atoms. The van der Waals surface area contributed by atoms with Crippen molar-refractivity contribution in [2.24, 2.45) is 7.05 Å². The zero-order valence-electron chi connectivity index (χ0n) is 31.5. The van der Waals surface area contributed by atoms with Crippen LogP contribution < -0.4 is 4.57 Å². The summed E-state index contributed by atoms with van der Waals surface area (Å²) in [6.07, 6.45) is 2.36. The zero-order valence-corrected chi connectivity index (χ0v) is 32.3. The fraction of sp³-hybridized carbons (Fsp3) is 0.370.